The zero-order chi connectivity index (χ0) is 27.7. The molecular formula is C21H26F3N5O8. The first kappa shape index (κ1) is 27.9. The summed E-state index contributed by atoms with van der Waals surface area (Å²) in [7, 11) is 0. The normalized spacial score (nSPS) is 20.6. The number of aromatic amines is 1. The summed E-state index contributed by atoms with van der Waals surface area (Å²) in [5, 5.41) is 2.28. The number of amides is 1. The Kier molecular flexibility index (Phi) is 8.09. The summed E-state index contributed by atoms with van der Waals surface area (Å²) in [6.07, 6.45) is -12.2. The fourth-order valence-electron chi connectivity index (χ4n) is 4.10. The Labute approximate surface area is 206 Å². The largest absolute Gasteiger partial charge is 0.458 e. The van der Waals surface area contributed by atoms with Crippen LogP contribution in [0.3, 0.4) is 0 Å². The number of hydrogen-bond donors (Lipinski definition) is 2. The van der Waals surface area contributed by atoms with Crippen LogP contribution in [-0.2, 0) is 35.1 Å². The van der Waals surface area contributed by atoms with Gasteiger partial charge in [-0.3, -0.25) is 34.0 Å². The van der Waals surface area contributed by atoms with Crippen LogP contribution in [-0.4, -0.2) is 61.4 Å². The number of aromatic nitrogens is 4. The summed E-state index contributed by atoms with van der Waals surface area (Å²) in [5.41, 5.74) is -2.19. The molecule has 1 fully saturated rings. The number of halogens is 3. The molecule has 204 valence electrons. The molecule has 0 unspecified atom stereocenters. The third kappa shape index (κ3) is 6.00. The fraction of sp³-hybridized carbons (Fsp3) is 0.619. The Morgan fingerprint density at radius 3 is 2.43 bits per heavy atom. The molecule has 1 saturated heterocycles. The zero-order valence-electron chi connectivity index (χ0n) is 20.4. The van der Waals surface area contributed by atoms with Gasteiger partial charge in [-0.25, -0.2) is 9.36 Å². The van der Waals surface area contributed by atoms with Crippen molar-refractivity contribution < 1.29 is 41.8 Å². The lowest BCUT2D eigenvalue weighted by Gasteiger charge is -2.25. The number of hydrogen-bond acceptors (Lipinski definition) is 9. The molecule has 0 bridgehead atoms. The zero-order valence-corrected chi connectivity index (χ0v) is 20.4. The topological polar surface area (TPSA) is 164 Å². The number of nitrogens with zero attached hydrogens (tertiary/aromatic N) is 3. The van der Waals surface area contributed by atoms with Gasteiger partial charge in [0.2, 0.25) is 18.0 Å². The maximum Gasteiger partial charge on any atom is 0.428 e. The number of carbonyl (C=O) groups is 3. The highest BCUT2D eigenvalue weighted by Crippen LogP contribution is 2.39. The molecule has 1 aliphatic rings. The summed E-state index contributed by atoms with van der Waals surface area (Å²) >= 11 is 0. The van der Waals surface area contributed by atoms with Gasteiger partial charge >= 0.3 is 23.8 Å². The van der Waals surface area contributed by atoms with Crippen LogP contribution in [0.25, 0.3) is 11.2 Å². The van der Waals surface area contributed by atoms with E-state index in [2.05, 4.69) is 20.0 Å². The van der Waals surface area contributed by atoms with Crippen molar-refractivity contribution in [2.45, 2.75) is 84.2 Å². The molecule has 1 amide bonds. The quantitative estimate of drug-likeness (QED) is 0.477. The number of fused-ring (bicyclic) bond motifs is 1. The van der Waals surface area contributed by atoms with E-state index in [1.54, 1.807) is 0 Å². The number of nitrogens with one attached hydrogen (secondary N) is 2. The maximum absolute atomic E-state index is 13.7. The molecule has 0 aromatic carbocycles. The van der Waals surface area contributed by atoms with E-state index in [0.717, 1.165) is 29.9 Å². The van der Waals surface area contributed by atoms with E-state index >= 15 is 0 Å². The van der Waals surface area contributed by atoms with Gasteiger partial charge in [-0.2, -0.15) is 18.2 Å². The van der Waals surface area contributed by atoms with Gasteiger partial charge in [0.05, 0.1) is 0 Å². The Hall–Kier alpha value is -3.69. The van der Waals surface area contributed by atoms with E-state index in [4.69, 9.17) is 9.47 Å². The van der Waals surface area contributed by atoms with Crippen molar-refractivity contribution in [1.29, 1.82) is 0 Å². The highest BCUT2D eigenvalue weighted by atomic mass is 19.4. The molecule has 1 aliphatic heterocycles. The third-order valence-corrected chi connectivity index (χ3v) is 5.46. The molecule has 16 heteroatoms. The van der Waals surface area contributed by atoms with Crippen LogP contribution in [0.15, 0.2) is 9.59 Å². The molecule has 2 N–H and O–H groups in total. The van der Waals surface area contributed by atoms with Crippen molar-refractivity contribution in [3.63, 3.8) is 0 Å². The summed E-state index contributed by atoms with van der Waals surface area (Å²) < 4.78 is 58.2. The second-order valence-electron chi connectivity index (χ2n) is 8.45. The molecule has 2 aromatic rings. The summed E-state index contributed by atoms with van der Waals surface area (Å²) in [4.78, 5) is 67.4. The predicted molar refractivity (Wildman–Crippen MR) is 120 cm³/mol. The minimum atomic E-state index is -5.04. The van der Waals surface area contributed by atoms with Gasteiger partial charge in [0.1, 0.15) is 12.2 Å². The molecule has 3 rings (SSSR count). The van der Waals surface area contributed by atoms with Crippen LogP contribution in [0.4, 0.5) is 19.1 Å². The highest BCUT2D eigenvalue weighted by Gasteiger charge is 2.54. The Bertz CT molecular complexity index is 1310. The molecule has 0 saturated carbocycles. The summed E-state index contributed by atoms with van der Waals surface area (Å²) in [5.74, 6) is -3.01. The Balaban J connectivity index is 2.22. The van der Waals surface area contributed by atoms with Crippen LogP contribution in [0, 0.1) is 0 Å². The molecule has 37 heavy (non-hydrogen) atoms. The van der Waals surface area contributed by atoms with E-state index < -0.39 is 66.2 Å². The van der Waals surface area contributed by atoms with Gasteiger partial charge in [-0.1, -0.05) is 13.3 Å². The van der Waals surface area contributed by atoms with Crippen LogP contribution in [0.5, 0.6) is 0 Å². The maximum atomic E-state index is 13.7. The molecule has 0 aliphatic carbocycles. The Morgan fingerprint density at radius 1 is 1.22 bits per heavy atom. The monoisotopic (exact) mass is 533 g/mol. The van der Waals surface area contributed by atoms with Gasteiger partial charge in [0.15, 0.2) is 17.4 Å². The van der Waals surface area contributed by atoms with Crippen LogP contribution >= 0.6 is 0 Å². The third-order valence-electron chi connectivity index (χ3n) is 5.46. The average molecular weight is 533 g/mol. The SMILES string of the molecule is CCCCn1c(=O)n([C@@H]2O[C@H]([C@@H](OC(C)=O)C(F)(F)F)C[C@H]2OC(C)=O)c2nc(NC(C)=O)[nH]c(=O)c21. The fourth-order valence-corrected chi connectivity index (χ4v) is 4.10. The molecule has 4 atom stereocenters. The van der Waals surface area contributed by atoms with Crippen LogP contribution < -0.4 is 16.6 Å². The second kappa shape index (κ2) is 10.7. The van der Waals surface area contributed by atoms with E-state index in [0.29, 0.717) is 12.8 Å². The summed E-state index contributed by atoms with van der Waals surface area (Å²) in [6.45, 7) is 4.87. The number of H-pyrrole nitrogens is 1. The van der Waals surface area contributed by atoms with Crippen molar-refractivity contribution in [2.24, 2.45) is 0 Å². The first-order valence-corrected chi connectivity index (χ1v) is 11.3. The molecular weight excluding hydrogens is 507 g/mol. The van der Waals surface area contributed by atoms with Gasteiger partial charge in [-0.05, 0) is 6.42 Å². The predicted octanol–water partition coefficient (Wildman–Crippen LogP) is 1.36. The number of alkyl halides is 3. The highest BCUT2D eigenvalue weighted by molar-refractivity contribution is 5.87. The van der Waals surface area contributed by atoms with E-state index in [-0.39, 0.29) is 23.7 Å². The lowest BCUT2D eigenvalue weighted by atomic mass is 10.1. The number of aryl methyl sites for hydroxylation is 1. The minimum absolute atomic E-state index is 0.0656. The molecule has 2 aromatic heterocycles. The average Bonchev–Trinajstić information content (AvgIpc) is 3.26. The van der Waals surface area contributed by atoms with E-state index in [1.165, 1.54) is 0 Å². The van der Waals surface area contributed by atoms with E-state index in [9.17, 15) is 37.1 Å². The van der Waals surface area contributed by atoms with Gasteiger partial charge in [-0.15, -0.1) is 0 Å². The second-order valence-corrected chi connectivity index (χ2v) is 8.45. The smallest absolute Gasteiger partial charge is 0.428 e. The number of ether oxygens (including phenoxy) is 3. The number of esters is 2. The minimum Gasteiger partial charge on any atom is -0.458 e. The van der Waals surface area contributed by atoms with E-state index in [1.807, 2.05) is 6.92 Å². The molecule has 13 nitrogen and oxygen atoms in total. The summed E-state index contributed by atoms with van der Waals surface area (Å²) in [6, 6.07) is 0. The van der Waals surface area contributed by atoms with Gasteiger partial charge < -0.3 is 14.2 Å². The lowest BCUT2D eigenvalue weighted by Crippen LogP contribution is -2.43. The number of unbranched alkanes of at least 4 members (excludes halogenated alkanes) is 1. The first-order chi connectivity index (χ1) is 17.2. The first-order valence-electron chi connectivity index (χ1n) is 11.3. The van der Waals surface area contributed by atoms with Crippen molar-refractivity contribution in [1.82, 2.24) is 19.1 Å². The number of anilines is 1. The number of imidazole rings is 1. The van der Waals surface area contributed by atoms with Gasteiger partial charge in [0, 0.05) is 33.7 Å². The van der Waals surface area contributed by atoms with Crippen molar-refractivity contribution in [2.75, 3.05) is 5.32 Å². The van der Waals surface area contributed by atoms with Gasteiger partial charge in [0.25, 0.3) is 5.56 Å². The molecule has 0 spiro atoms. The Morgan fingerprint density at radius 2 is 1.89 bits per heavy atom. The van der Waals surface area contributed by atoms with Crippen LogP contribution in [0.1, 0.15) is 53.2 Å². The number of rotatable bonds is 8. The van der Waals surface area contributed by atoms with Crippen molar-refractivity contribution in [3.05, 3.63) is 20.8 Å². The lowest BCUT2D eigenvalue weighted by molar-refractivity contribution is -0.248. The van der Waals surface area contributed by atoms with Crippen LogP contribution in [0.2, 0.25) is 0 Å². The number of carbonyl (C=O) groups excluding carboxylic acids is 3. The molecule has 3 heterocycles. The van der Waals surface area contributed by atoms with Crippen molar-refractivity contribution in [3.8, 4) is 0 Å². The molecule has 0 radical (unpaired) electrons. The standard InChI is InChI=1S/C21H26F3N5O8/c1-5-6-7-28-14-16(26-19(25-9(2)30)27-17(14)33)29(20(28)34)18-13(35-10(3)31)8-12(37-18)15(21(22,23)24)36-11(4)32/h12-13,15,18H,5-8H2,1-4H3,(H2,25,26,27,30,33)/t12-,13+,15+,18+/m0/s1. The van der Waals surface area contributed by atoms with Crippen molar-refractivity contribution >= 4 is 35.0 Å².